The number of rotatable bonds is 8. The van der Waals surface area contributed by atoms with E-state index in [2.05, 4.69) is 277 Å². The minimum absolute atomic E-state index is 0.393. The normalized spacial score (nSPS) is 12.8. The fourth-order valence-corrected chi connectivity index (χ4v) is 10.4. The second-order valence-electron chi connectivity index (χ2n) is 17.8. The van der Waals surface area contributed by atoms with Crippen molar-refractivity contribution >= 4 is 83.5 Å². The molecule has 66 heavy (non-hydrogen) atoms. The molecule has 0 unspecified atom stereocenters. The first-order valence-electron chi connectivity index (χ1n) is 22.8. The van der Waals surface area contributed by atoms with Crippen LogP contribution < -0.4 is 14.7 Å². The van der Waals surface area contributed by atoms with E-state index in [9.17, 15) is 0 Å². The molecule has 0 N–H and O–H groups in total. The van der Waals surface area contributed by atoms with Crippen molar-refractivity contribution in [2.45, 2.75) is 19.3 Å². The van der Waals surface area contributed by atoms with Crippen molar-refractivity contribution in [3.63, 3.8) is 0 Å². The topological polar surface area (TPSA) is 9.72 Å². The lowest BCUT2D eigenvalue weighted by molar-refractivity contribution is 0.632. The van der Waals surface area contributed by atoms with Gasteiger partial charge in [0.1, 0.15) is 0 Å². The molecule has 12 rings (SSSR count). The summed E-state index contributed by atoms with van der Waals surface area (Å²) in [7, 11) is 0. The monoisotopic (exact) mass is 845 g/mol. The Bertz CT molecular complexity index is 3340. The summed E-state index contributed by atoms with van der Waals surface area (Å²) in [6.45, 7) is 4.79. The van der Waals surface area contributed by atoms with Crippen LogP contribution in [0, 0.1) is 0 Å². The van der Waals surface area contributed by atoms with Gasteiger partial charge in [-0.1, -0.05) is 159 Å². The molecule has 3 heteroatoms. The van der Waals surface area contributed by atoms with Gasteiger partial charge in [0.2, 0.25) is 0 Å². The first-order valence-corrected chi connectivity index (χ1v) is 22.8. The summed E-state index contributed by atoms with van der Waals surface area (Å²) in [5.41, 5.74) is 14.7. The molecular formula is C63H47N3. The van der Waals surface area contributed by atoms with E-state index < -0.39 is 5.41 Å². The van der Waals surface area contributed by atoms with E-state index in [1.54, 1.807) is 0 Å². The molecule has 0 saturated carbocycles. The third kappa shape index (κ3) is 6.59. The van der Waals surface area contributed by atoms with Gasteiger partial charge in [0.15, 0.2) is 0 Å². The first-order chi connectivity index (χ1) is 32.5. The van der Waals surface area contributed by atoms with Gasteiger partial charge in [0, 0.05) is 45.2 Å². The van der Waals surface area contributed by atoms with Crippen molar-refractivity contribution in [1.82, 2.24) is 0 Å². The van der Waals surface area contributed by atoms with Crippen molar-refractivity contribution < 1.29 is 0 Å². The molecule has 0 saturated heterocycles. The SMILES string of the molecule is CC1(C)c2cc(N(c3ccccc3)c3ccccc3)ccc2N(c2ccc3c4ccccc4c4ccc(-c5ccccc5)cc4c3c2)c2ccc(N(c3ccccc3)c3ccccc3)cc21. The van der Waals surface area contributed by atoms with E-state index >= 15 is 0 Å². The van der Waals surface area contributed by atoms with E-state index in [1.807, 2.05) is 0 Å². The zero-order valence-corrected chi connectivity index (χ0v) is 37.0. The number of benzene rings is 11. The first kappa shape index (κ1) is 39.2. The maximum Gasteiger partial charge on any atom is 0.0504 e. The van der Waals surface area contributed by atoms with Gasteiger partial charge in [-0.2, -0.15) is 0 Å². The predicted molar refractivity (Wildman–Crippen MR) is 281 cm³/mol. The summed E-state index contributed by atoms with van der Waals surface area (Å²) in [6.07, 6.45) is 0. The molecule has 1 heterocycles. The highest BCUT2D eigenvalue weighted by atomic mass is 15.2. The standard InChI is InChI=1S/C63H47N3/c1-63(2)59-42-51(64(46-22-10-4-11-23-46)47-24-12-5-13-25-47)34-38-61(59)66(62-39-35-52(43-60(62)63)65(48-26-14-6-15-27-48)49-28-16-7-17-29-49)50-33-37-56-54-31-19-18-30-53(54)55-36-32-45(40-57(55)58(56)41-50)44-20-8-3-9-21-44/h3-43H,1-2H3. The molecule has 314 valence electrons. The molecule has 0 fully saturated rings. The number of para-hydroxylation sites is 4. The Hall–Kier alpha value is -8.40. The second-order valence-corrected chi connectivity index (χ2v) is 17.8. The smallest absolute Gasteiger partial charge is 0.0504 e. The number of hydrogen-bond acceptors (Lipinski definition) is 3. The molecule has 0 bridgehead atoms. The average molecular weight is 846 g/mol. The van der Waals surface area contributed by atoms with E-state index in [-0.39, 0.29) is 0 Å². The van der Waals surface area contributed by atoms with Crippen molar-refractivity contribution in [2.24, 2.45) is 0 Å². The van der Waals surface area contributed by atoms with Crippen molar-refractivity contribution in [3.05, 3.63) is 260 Å². The van der Waals surface area contributed by atoms with Crippen LogP contribution in [-0.4, -0.2) is 0 Å². The number of anilines is 9. The van der Waals surface area contributed by atoms with Crippen LogP contribution in [-0.2, 0) is 5.41 Å². The van der Waals surface area contributed by atoms with Crippen LogP contribution in [0.2, 0.25) is 0 Å². The summed E-state index contributed by atoms with van der Waals surface area (Å²) >= 11 is 0. The summed E-state index contributed by atoms with van der Waals surface area (Å²) in [5, 5.41) is 7.52. The van der Waals surface area contributed by atoms with Gasteiger partial charge in [-0.3, -0.25) is 0 Å². The van der Waals surface area contributed by atoms with Gasteiger partial charge in [-0.05, 0) is 158 Å². The van der Waals surface area contributed by atoms with Crippen LogP contribution in [0.4, 0.5) is 51.2 Å². The van der Waals surface area contributed by atoms with Crippen molar-refractivity contribution in [2.75, 3.05) is 14.7 Å². The Kier molecular flexibility index (Phi) is 9.50. The van der Waals surface area contributed by atoms with Crippen LogP contribution in [0.25, 0.3) is 43.4 Å². The van der Waals surface area contributed by atoms with Crippen LogP contribution in [0.3, 0.4) is 0 Å². The van der Waals surface area contributed by atoms with E-state index in [0.29, 0.717) is 0 Å². The lowest BCUT2D eigenvalue weighted by Gasteiger charge is -2.43. The van der Waals surface area contributed by atoms with Crippen LogP contribution >= 0.6 is 0 Å². The molecule has 0 aromatic heterocycles. The summed E-state index contributed by atoms with van der Waals surface area (Å²) in [4.78, 5) is 7.25. The Balaban J connectivity index is 1.11. The molecule has 3 nitrogen and oxygen atoms in total. The zero-order valence-electron chi connectivity index (χ0n) is 37.0. The number of fused-ring (bicyclic) bond motifs is 8. The van der Waals surface area contributed by atoms with E-state index in [0.717, 1.165) is 39.8 Å². The zero-order chi connectivity index (χ0) is 44.2. The molecular weight excluding hydrogens is 799 g/mol. The minimum Gasteiger partial charge on any atom is -0.310 e. The largest absolute Gasteiger partial charge is 0.310 e. The van der Waals surface area contributed by atoms with Gasteiger partial charge in [0.25, 0.3) is 0 Å². The summed E-state index contributed by atoms with van der Waals surface area (Å²) in [6, 6.07) is 90.7. The minimum atomic E-state index is -0.393. The third-order valence-corrected chi connectivity index (χ3v) is 13.5. The predicted octanol–water partition coefficient (Wildman–Crippen LogP) is 17.9. The Morgan fingerprint density at radius 3 is 1.12 bits per heavy atom. The van der Waals surface area contributed by atoms with Crippen LogP contribution in [0.5, 0.6) is 0 Å². The molecule has 0 radical (unpaired) electrons. The van der Waals surface area contributed by atoms with Crippen molar-refractivity contribution in [3.8, 4) is 11.1 Å². The lowest BCUT2D eigenvalue weighted by Crippen LogP contribution is -2.31. The highest BCUT2D eigenvalue weighted by molar-refractivity contribution is 6.26. The van der Waals surface area contributed by atoms with Crippen molar-refractivity contribution in [1.29, 1.82) is 0 Å². The Labute approximate surface area is 386 Å². The molecule has 11 aromatic rings. The van der Waals surface area contributed by atoms with Gasteiger partial charge in [-0.15, -0.1) is 0 Å². The maximum atomic E-state index is 2.51. The Morgan fingerprint density at radius 2 is 0.667 bits per heavy atom. The fourth-order valence-electron chi connectivity index (χ4n) is 10.4. The molecule has 0 spiro atoms. The third-order valence-electron chi connectivity index (χ3n) is 13.5. The van der Waals surface area contributed by atoms with Gasteiger partial charge < -0.3 is 14.7 Å². The summed E-state index contributed by atoms with van der Waals surface area (Å²) < 4.78 is 0. The molecule has 0 aliphatic carbocycles. The molecule has 0 atom stereocenters. The number of nitrogens with zero attached hydrogens (tertiary/aromatic N) is 3. The molecule has 1 aliphatic rings. The van der Waals surface area contributed by atoms with Crippen LogP contribution in [0.1, 0.15) is 25.0 Å². The fraction of sp³-hybridized carbons (Fsp3) is 0.0476. The second kappa shape index (κ2) is 16.0. The van der Waals surface area contributed by atoms with E-state index in [1.165, 1.54) is 65.9 Å². The Morgan fingerprint density at radius 1 is 0.288 bits per heavy atom. The highest BCUT2D eigenvalue weighted by Gasteiger charge is 2.38. The number of hydrogen-bond donors (Lipinski definition) is 0. The van der Waals surface area contributed by atoms with Crippen LogP contribution in [0.15, 0.2) is 249 Å². The van der Waals surface area contributed by atoms with Gasteiger partial charge in [0.05, 0.1) is 11.4 Å². The lowest BCUT2D eigenvalue weighted by atomic mass is 9.73. The molecule has 11 aromatic carbocycles. The summed E-state index contributed by atoms with van der Waals surface area (Å²) in [5.74, 6) is 0. The van der Waals surface area contributed by atoms with Gasteiger partial charge >= 0.3 is 0 Å². The quantitative estimate of drug-likeness (QED) is 0.141. The average Bonchev–Trinajstić information content (AvgIpc) is 3.38. The van der Waals surface area contributed by atoms with Gasteiger partial charge in [-0.25, -0.2) is 0 Å². The highest BCUT2D eigenvalue weighted by Crippen LogP contribution is 2.55. The molecule has 0 amide bonds. The van der Waals surface area contributed by atoms with E-state index in [4.69, 9.17) is 0 Å². The molecule has 1 aliphatic heterocycles. The maximum absolute atomic E-state index is 2.51.